The lowest BCUT2D eigenvalue weighted by molar-refractivity contribution is -0.118. The Morgan fingerprint density at radius 1 is 0.966 bits per heavy atom. The van der Waals surface area contributed by atoms with E-state index >= 15 is 0 Å². The number of amides is 2. The summed E-state index contributed by atoms with van der Waals surface area (Å²) in [5, 5.41) is 5.56. The number of benzene rings is 2. The molecular formula is C22H22N2O5. The van der Waals surface area contributed by atoms with Gasteiger partial charge >= 0.3 is 0 Å². The molecule has 0 aliphatic heterocycles. The first kappa shape index (κ1) is 20.0. The molecule has 1 aromatic heterocycles. The number of methoxy groups -OCH3 is 2. The highest BCUT2D eigenvalue weighted by Crippen LogP contribution is 2.29. The van der Waals surface area contributed by atoms with Gasteiger partial charge in [-0.2, -0.15) is 0 Å². The van der Waals surface area contributed by atoms with E-state index in [1.54, 1.807) is 30.3 Å². The molecule has 0 aliphatic carbocycles. The summed E-state index contributed by atoms with van der Waals surface area (Å²) in [5.41, 5.74) is 1.44. The van der Waals surface area contributed by atoms with E-state index in [-0.39, 0.29) is 11.7 Å². The normalized spacial score (nSPS) is 11.4. The van der Waals surface area contributed by atoms with Crippen LogP contribution in [0.25, 0.3) is 0 Å². The van der Waals surface area contributed by atoms with Gasteiger partial charge in [0.2, 0.25) is 5.91 Å². The predicted molar refractivity (Wildman–Crippen MR) is 108 cm³/mol. The second-order valence-corrected chi connectivity index (χ2v) is 6.25. The SMILES string of the molecule is COc1ccc(NC(=O)[C@@H](Cc2ccccc2)NC(=O)c2ccco2)cc1OC. The molecule has 0 unspecified atom stereocenters. The van der Waals surface area contributed by atoms with E-state index in [0.717, 1.165) is 5.56 Å². The molecule has 0 radical (unpaired) electrons. The van der Waals surface area contributed by atoms with Crippen molar-refractivity contribution in [3.05, 3.63) is 78.3 Å². The molecule has 0 fully saturated rings. The number of ether oxygens (including phenoxy) is 2. The van der Waals surface area contributed by atoms with Gasteiger partial charge in [-0.15, -0.1) is 0 Å². The highest BCUT2D eigenvalue weighted by Gasteiger charge is 2.23. The first-order valence-corrected chi connectivity index (χ1v) is 9.02. The zero-order valence-electron chi connectivity index (χ0n) is 16.2. The Morgan fingerprint density at radius 2 is 1.72 bits per heavy atom. The Hall–Kier alpha value is -3.74. The van der Waals surface area contributed by atoms with Gasteiger partial charge in [-0.05, 0) is 29.8 Å². The molecule has 3 rings (SSSR count). The van der Waals surface area contributed by atoms with Crippen LogP contribution in [0.15, 0.2) is 71.3 Å². The van der Waals surface area contributed by atoms with Crippen molar-refractivity contribution in [1.82, 2.24) is 5.32 Å². The second kappa shape index (κ2) is 9.45. The number of carbonyl (C=O) groups is 2. The average molecular weight is 394 g/mol. The van der Waals surface area contributed by atoms with Crippen LogP contribution in [0.1, 0.15) is 16.1 Å². The van der Waals surface area contributed by atoms with Crippen LogP contribution in [0.4, 0.5) is 5.69 Å². The maximum absolute atomic E-state index is 12.9. The summed E-state index contributed by atoms with van der Waals surface area (Å²) in [6.07, 6.45) is 1.73. The number of nitrogens with one attached hydrogen (secondary N) is 2. The number of hydrogen-bond acceptors (Lipinski definition) is 5. The lowest BCUT2D eigenvalue weighted by Crippen LogP contribution is -2.45. The van der Waals surface area contributed by atoms with Crippen LogP contribution in [0, 0.1) is 0 Å². The Kier molecular flexibility index (Phi) is 6.52. The van der Waals surface area contributed by atoms with Crippen molar-refractivity contribution in [3.63, 3.8) is 0 Å². The minimum absolute atomic E-state index is 0.141. The Labute approximate surface area is 168 Å². The third-order valence-electron chi connectivity index (χ3n) is 4.30. The number of rotatable bonds is 8. The zero-order chi connectivity index (χ0) is 20.6. The fraction of sp³-hybridized carbons (Fsp3) is 0.182. The molecule has 7 nitrogen and oxygen atoms in total. The van der Waals surface area contributed by atoms with Crippen LogP contribution < -0.4 is 20.1 Å². The molecule has 1 heterocycles. The van der Waals surface area contributed by atoms with Crippen LogP contribution in [-0.4, -0.2) is 32.1 Å². The molecule has 3 aromatic rings. The van der Waals surface area contributed by atoms with Crippen molar-refractivity contribution in [3.8, 4) is 11.5 Å². The molecule has 7 heteroatoms. The largest absolute Gasteiger partial charge is 0.493 e. The van der Waals surface area contributed by atoms with E-state index in [2.05, 4.69) is 10.6 Å². The van der Waals surface area contributed by atoms with Gasteiger partial charge < -0.3 is 24.5 Å². The topological polar surface area (TPSA) is 89.8 Å². The molecule has 0 saturated heterocycles. The Bertz CT molecular complexity index is 955. The van der Waals surface area contributed by atoms with Crippen molar-refractivity contribution >= 4 is 17.5 Å². The van der Waals surface area contributed by atoms with E-state index in [0.29, 0.717) is 23.6 Å². The van der Waals surface area contributed by atoms with Gasteiger partial charge in [-0.25, -0.2) is 0 Å². The van der Waals surface area contributed by atoms with Gasteiger partial charge in [0.25, 0.3) is 5.91 Å². The zero-order valence-corrected chi connectivity index (χ0v) is 16.2. The van der Waals surface area contributed by atoms with E-state index < -0.39 is 11.9 Å². The van der Waals surface area contributed by atoms with E-state index in [9.17, 15) is 9.59 Å². The Balaban J connectivity index is 1.78. The molecule has 29 heavy (non-hydrogen) atoms. The summed E-state index contributed by atoms with van der Waals surface area (Å²) in [6.45, 7) is 0. The Morgan fingerprint density at radius 3 is 2.38 bits per heavy atom. The highest BCUT2D eigenvalue weighted by atomic mass is 16.5. The summed E-state index contributed by atoms with van der Waals surface area (Å²) >= 11 is 0. The smallest absolute Gasteiger partial charge is 0.287 e. The van der Waals surface area contributed by atoms with Crippen molar-refractivity contribution in [1.29, 1.82) is 0 Å². The molecule has 2 aromatic carbocycles. The summed E-state index contributed by atoms with van der Waals surface area (Å²) in [4.78, 5) is 25.4. The lowest BCUT2D eigenvalue weighted by atomic mass is 10.0. The summed E-state index contributed by atoms with van der Waals surface area (Å²) in [7, 11) is 3.06. The average Bonchev–Trinajstić information content (AvgIpc) is 3.29. The maximum Gasteiger partial charge on any atom is 0.287 e. The highest BCUT2D eigenvalue weighted by molar-refractivity contribution is 6.00. The minimum atomic E-state index is -0.803. The molecule has 2 amide bonds. The maximum atomic E-state index is 12.9. The fourth-order valence-electron chi connectivity index (χ4n) is 2.84. The number of hydrogen-bond donors (Lipinski definition) is 2. The van der Waals surface area contributed by atoms with Crippen LogP contribution in [0.3, 0.4) is 0 Å². The number of anilines is 1. The van der Waals surface area contributed by atoms with Gasteiger partial charge in [0, 0.05) is 18.2 Å². The van der Waals surface area contributed by atoms with Gasteiger partial charge in [0.15, 0.2) is 17.3 Å². The molecule has 150 valence electrons. The van der Waals surface area contributed by atoms with Gasteiger partial charge in [0.1, 0.15) is 6.04 Å². The van der Waals surface area contributed by atoms with Crippen LogP contribution >= 0.6 is 0 Å². The van der Waals surface area contributed by atoms with Gasteiger partial charge in [0.05, 0.1) is 20.5 Å². The number of carbonyl (C=O) groups excluding carboxylic acids is 2. The third kappa shape index (κ3) is 5.16. The summed E-state index contributed by atoms with van der Waals surface area (Å²) in [6, 6.07) is 16.9. The molecule has 0 saturated carbocycles. The van der Waals surface area contributed by atoms with Crippen LogP contribution in [0.5, 0.6) is 11.5 Å². The van der Waals surface area contributed by atoms with E-state index in [1.165, 1.54) is 20.5 Å². The number of furan rings is 1. The first-order chi connectivity index (χ1) is 14.1. The standard InChI is InChI=1S/C22H22N2O5/c1-27-18-11-10-16(14-20(18)28-2)23-21(25)17(13-15-7-4-3-5-8-15)24-22(26)19-9-6-12-29-19/h3-12,14,17H,13H2,1-2H3,(H,23,25)(H,24,26)/t17-/m1/s1. The van der Waals surface area contributed by atoms with Crippen molar-refractivity contribution in [2.75, 3.05) is 19.5 Å². The van der Waals surface area contributed by atoms with Gasteiger partial charge in [-0.1, -0.05) is 30.3 Å². The van der Waals surface area contributed by atoms with Gasteiger partial charge in [-0.3, -0.25) is 9.59 Å². The fourth-order valence-corrected chi connectivity index (χ4v) is 2.84. The summed E-state index contributed by atoms with van der Waals surface area (Å²) < 4.78 is 15.6. The third-order valence-corrected chi connectivity index (χ3v) is 4.30. The van der Waals surface area contributed by atoms with Crippen molar-refractivity contribution in [2.45, 2.75) is 12.5 Å². The molecule has 0 bridgehead atoms. The molecule has 0 aliphatic rings. The predicted octanol–water partition coefficient (Wildman–Crippen LogP) is 3.28. The quantitative estimate of drug-likeness (QED) is 0.612. The minimum Gasteiger partial charge on any atom is -0.493 e. The first-order valence-electron chi connectivity index (χ1n) is 9.02. The van der Waals surface area contributed by atoms with Crippen molar-refractivity contribution in [2.24, 2.45) is 0 Å². The lowest BCUT2D eigenvalue weighted by Gasteiger charge is -2.19. The molecule has 2 N–H and O–H groups in total. The summed E-state index contributed by atoms with van der Waals surface area (Å²) in [5.74, 6) is 0.364. The monoisotopic (exact) mass is 394 g/mol. The van der Waals surface area contributed by atoms with Crippen LogP contribution in [-0.2, 0) is 11.2 Å². The van der Waals surface area contributed by atoms with Crippen LogP contribution in [0.2, 0.25) is 0 Å². The molecule has 0 spiro atoms. The molecular weight excluding hydrogens is 372 g/mol. The van der Waals surface area contributed by atoms with Crippen molar-refractivity contribution < 1.29 is 23.5 Å². The van der Waals surface area contributed by atoms with E-state index in [1.807, 2.05) is 30.3 Å². The van der Waals surface area contributed by atoms with E-state index in [4.69, 9.17) is 13.9 Å². The molecule has 1 atom stereocenters. The second-order valence-electron chi connectivity index (χ2n) is 6.25.